The highest BCUT2D eigenvalue weighted by Gasteiger charge is 2.59. The molecule has 146 heavy (non-hydrogen) atoms. The van der Waals surface area contributed by atoms with Crippen LogP contribution in [0.25, 0.3) is 44.7 Å². The number of hydrogen-bond acceptors (Lipinski definition) is 52. The maximum Gasteiger partial charge on any atom is 0.472 e. The summed E-state index contributed by atoms with van der Waals surface area (Å²) < 4.78 is 242. The fourth-order valence-corrected chi connectivity index (χ4v) is 23.5. The highest BCUT2D eigenvalue weighted by atomic mass is 32.7. The molecule has 28 atom stereocenters. The average Bonchev–Trinajstić information content (AvgIpc) is 1.61. The van der Waals surface area contributed by atoms with E-state index in [0.717, 1.165) is 28.1 Å². The summed E-state index contributed by atoms with van der Waals surface area (Å²) in [5, 5.41) is 12.0. The van der Waals surface area contributed by atoms with Gasteiger partial charge < -0.3 is 119 Å². The molecule has 0 saturated carbocycles. The maximum absolute atomic E-state index is 15.8. The summed E-state index contributed by atoms with van der Waals surface area (Å²) in [4.78, 5) is 118. The third kappa shape index (κ3) is 25.1. The number of fused-ring (bicyclic) bond motifs is 4. The molecule has 10 unspecified atom stereocenters. The van der Waals surface area contributed by atoms with Gasteiger partial charge in [0.25, 0.3) is 5.56 Å². The fraction of sp³-hybridized carbons (Fsp3) is 0.623. The number of ether oxygens (including phenoxy) is 16. The van der Waals surface area contributed by atoms with E-state index in [9.17, 15) is 33.8 Å². The van der Waals surface area contributed by atoms with E-state index >= 15 is 18.3 Å². The second kappa shape index (κ2) is 47.8. The highest BCUT2D eigenvalue weighted by Crippen LogP contribution is 2.62. The van der Waals surface area contributed by atoms with E-state index in [2.05, 4.69) is 102 Å². The van der Waals surface area contributed by atoms with E-state index in [1.54, 1.807) is 13.0 Å². The molecule has 61 nitrogen and oxygen atoms in total. The molecule has 10 aromatic rings. The summed E-state index contributed by atoms with van der Waals surface area (Å²) in [7, 11) is -4.81. The first-order valence-corrected chi connectivity index (χ1v) is 55.9. The Labute approximate surface area is 842 Å². The van der Waals surface area contributed by atoms with E-state index < -0.39 is 234 Å². The van der Waals surface area contributed by atoms with E-state index in [-0.39, 0.29) is 146 Å². The number of imidazole rings is 4. The molecule has 0 aliphatic carbocycles. The van der Waals surface area contributed by atoms with Crippen LogP contribution in [0.15, 0.2) is 83.3 Å². The Bertz CT molecular complexity index is 6650. The van der Waals surface area contributed by atoms with Crippen molar-refractivity contribution in [3.05, 3.63) is 111 Å². The molecule has 14 N–H and O–H groups in total. The zero-order valence-corrected chi connectivity index (χ0v) is 86.0. The van der Waals surface area contributed by atoms with E-state index in [1.165, 1.54) is 112 Å². The third-order valence-corrected chi connectivity index (χ3v) is 30.8. The number of nitrogens with zero attached hydrogens (tertiary/aromatic N) is 18. The number of H-pyrrole nitrogens is 1. The van der Waals surface area contributed by atoms with Gasteiger partial charge >= 0.3 is 47.4 Å². The fourth-order valence-electron chi connectivity index (χ4n) is 17.1. The van der Waals surface area contributed by atoms with Crippen molar-refractivity contribution < 1.29 is 159 Å². The van der Waals surface area contributed by atoms with Crippen LogP contribution in [0.3, 0.4) is 0 Å². The van der Waals surface area contributed by atoms with Gasteiger partial charge in [0, 0.05) is 71.7 Å². The Kier molecular flexibility index (Phi) is 36.2. The molecule has 6 aliphatic rings. The molecular weight excluding hydrogens is 2100 g/mol. The second-order valence-electron chi connectivity index (χ2n) is 33.4. The predicted molar refractivity (Wildman–Crippen MR) is 511 cm³/mol. The van der Waals surface area contributed by atoms with Crippen LogP contribution >= 0.6 is 72.8 Å². The van der Waals surface area contributed by atoms with Crippen molar-refractivity contribution in [3.63, 3.8) is 0 Å². The summed E-state index contributed by atoms with van der Waals surface area (Å²) in [5.74, 6) is -0.433. The molecule has 16 heterocycles. The van der Waals surface area contributed by atoms with Gasteiger partial charge in [0.05, 0.1) is 142 Å². The van der Waals surface area contributed by atoms with Crippen LogP contribution in [-0.2, 0) is 144 Å². The van der Waals surface area contributed by atoms with Crippen molar-refractivity contribution in [2.45, 2.75) is 175 Å². The van der Waals surface area contributed by atoms with Crippen LogP contribution in [0.5, 0.6) is 0 Å². The summed E-state index contributed by atoms with van der Waals surface area (Å²) in [6.45, 7) is -16.4. The van der Waals surface area contributed by atoms with Gasteiger partial charge in [-0.05, 0) is 26.3 Å². The largest absolute Gasteiger partial charge is 0.472 e. The van der Waals surface area contributed by atoms with Crippen LogP contribution in [0.4, 0.5) is 29.0 Å². The zero-order chi connectivity index (χ0) is 104. The zero-order valence-electron chi connectivity index (χ0n) is 78.9. The Morgan fingerprint density at radius 1 is 0.404 bits per heavy atom. The number of pyridine rings is 1. The lowest BCUT2D eigenvalue weighted by molar-refractivity contribution is -0.0843. The van der Waals surface area contributed by atoms with Gasteiger partial charge in [-0.2, -0.15) is 4.98 Å². The number of nitrogens with two attached hydrogens (primary N) is 5. The molecule has 6 fully saturated rings. The Morgan fingerprint density at radius 2 is 0.753 bits per heavy atom. The second-order valence-corrected chi connectivity index (χ2v) is 44.9. The van der Waals surface area contributed by atoms with Crippen molar-refractivity contribution in [2.75, 3.05) is 163 Å². The number of phosphoric acid groups is 2. The summed E-state index contributed by atoms with van der Waals surface area (Å²) in [6.07, 6.45) is -22.7. The maximum atomic E-state index is 15.8. The first kappa shape index (κ1) is 111. The number of aromatic amines is 1. The monoisotopic (exact) mass is 2210 g/mol. The van der Waals surface area contributed by atoms with E-state index in [1.807, 2.05) is 0 Å². The number of aliphatic hydroxyl groups excluding tert-OH is 1. The molecule has 69 heteroatoms. The lowest BCUT2D eigenvalue weighted by Crippen LogP contribution is -2.41. The van der Waals surface area contributed by atoms with Crippen LogP contribution in [0.2, 0.25) is 0 Å². The summed E-state index contributed by atoms with van der Waals surface area (Å²) in [5.41, 5.74) is 30.4. The summed E-state index contributed by atoms with van der Waals surface area (Å²) >= 11 is 13.3. The molecule has 6 aliphatic heterocycles. The molecule has 16 rings (SSSR count). The number of rotatable bonds is 52. The topological polar surface area (TPSA) is 767 Å². The third-order valence-electron chi connectivity index (χ3n) is 24.0. The number of nitrogen functional groups attached to an aromatic ring is 5. The molecular formula is C77H109N24O37P5S3. The molecule has 802 valence electrons. The normalized spacial score (nSPS) is 29.2. The first-order valence-electron chi connectivity index (χ1n) is 44.8. The number of anilines is 5. The molecule has 0 spiro atoms. The van der Waals surface area contributed by atoms with Crippen LogP contribution in [0, 0.1) is 13.8 Å². The number of hydrogen-bond donors (Lipinski definition) is 12. The Morgan fingerprint density at radius 3 is 1.16 bits per heavy atom. The number of thiol groups is 3. The van der Waals surface area contributed by atoms with Gasteiger partial charge in [-0.3, -0.25) is 82.4 Å². The lowest BCUT2D eigenvalue weighted by atomic mass is 10.1. The standard InChI is InChI=1S/C77H109N24O37P5S3/c1-9-40-41(22-47(128-40)96-24-38(3)70(103)95-77(96)105)134-141(110,144)126-28-45-54(59(120-19-14-115-6)73(132-45)99-34-91-49-63(80)84-30-87-67(49)99)136-139(106,107)123-26-43-53(58(119-18-13-114-5)72(130-43)97-23-37(2)62(79)94-76(97)104)135-140(108,109)124-27-44-55(60(121-20-15-116-7)74(131-44)100-35-92-50-64(81)85-31-88-68(50)100)137-143(112,146)127-29-46-56(61(122-21-16-117-8)75(133-46)101-36-93-51-65(82)86-32-89-69(51)101)138-142(111,145)125-25-42-52(102)57(118-17-12-113-4)71(129-42)98-33-90-48-39(78)10-11-83-66(48)98/h10-11,23-24,30-36,40-47,52-61,71-75,102H,9,12-22,25-29H2,1-8H3,(H2,78,83)(H,106,107)(H,108,109)(H,110,144)(H,111,145)(H,112,146)(H2,79,94,104)(H2,80,84,87)(H2,81,85,88)(H2,82,86,89)(H,95,103,105)/t40-,41-,42-,43-,44-,45-,46-,47-,52+,53+,54+,55+,56+,57?,58?,59?,60?,61?,71-,72-,73-,74-,75-,141?,142?,143?/m1/s1. The number of methoxy groups -OCH3 is 5. The van der Waals surface area contributed by atoms with Crippen molar-refractivity contribution >= 4 is 146 Å². The predicted octanol–water partition coefficient (Wildman–Crippen LogP) is 2.31. The van der Waals surface area contributed by atoms with E-state index in [0.29, 0.717) is 11.2 Å². The quantitative estimate of drug-likeness (QED) is 0.0148. The molecule has 10 aromatic heterocycles. The smallest absolute Gasteiger partial charge is 0.397 e. The highest BCUT2D eigenvalue weighted by molar-refractivity contribution is 8.45. The minimum Gasteiger partial charge on any atom is -0.397 e. The Balaban J connectivity index is 0.687. The molecule has 0 bridgehead atoms. The average molecular weight is 2210 g/mol. The van der Waals surface area contributed by atoms with Crippen molar-refractivity contribution in [3.8, 4) is 0 Å². The van der Waals surface area contributed by atoms with Gasteiger partial charge in [0.2, 0.25) is 0 Å². The van der Waals surface area contributed by atoms with Gasteiger partial charge in [0.1, 0.15) is 145 Å². The van der Waals surface area contributed by atoms with Gasteiger partial charge in [-0.1, -0.05) is 43.7 Å². The minimum absolute atomic E-state index is 0.0145. The number of aliphatic hydroxyl groups is 1. The number of nitrogens with one attached hydrogen (secondary N) is 1. The SMILES string of the molecule is CC[C@H]1O[C@@H](n2cc(C)c(=O)[nH]c2=O)C[C@H]1OP(=O)(S)OC[C@H]1O[C@@H](n2cnc3c(N)ncnc32)C(OCCOC)[C@H]1OP(=O)(O)OC[C@H]1O[C@@H](n2cc(C)c(N)nc2=O)C(OCCOC)[C@H]1OP(=O)(O)OC[C@H]1O[C@@H](n2cnc3c(N)ncnc32)C(OCCOC)[C@H]1OP(=O)(S)OC[C@H]1O[C@@H](n2cnc3c(N)ncnc32)C(OCCOC)[C@H]1OP(=O)(S)OC[C@H]1O[C@@H](n2cnc3c(N)ccnc32)C(OCCOC)[C@H]1O. The minimum atomic E-state index is -5.90. The van der Waals surface area contributed by atoms with E-state index in [4.69, 9.17) is 150 Å². The summed E-state index contributed by atoms with van der Waals surface area (Å²) in [6, 6.07) is 1.55. The first-order chi connectivity index (χ1) is 69.8. The molecule has 0 aromatic carbocycles. The van der Waals surface area contributed by atoms with Crippen molar-refractivity contribution in [2.24, 2.45) is 0 Å². The van der Waals surface area contributed by atoms with Gasteiger partial charge in [-0.25, -0.2) is 87.2 Å². The van der Waals surface area contributed by atoms with Gasteiger partial charge in [-0.15, -0.1) is 0 Å². The van der Waals surface area contributed by atoms with Crippen molar-refractivity contribution in [1.82, 2.24) is 92.2 Å². The van der Waals surface area contributed by atoms with Gasteiger partial charge in [0.15, 0.2) is 71.2 Å². The van der Waals surface area contributed by atoms with Crippen molar-refractivity contribution in [1.29, 1.82) is 0 Å². The van der Waals surface area contributed by atoms with Crippen LogP contribution in [-0.4, -0.2) is 346 Å². The number of phosphoric ester groups is 2. The number of aromatic nitrogens is 19. The molecule has 6 saturated heterocycles. The lowest BCUT2D eigenvalue weighted by Gasteiger charge is -2.29. The molecule has 0 radical (unpaired) electrons. The number of aryl methyl sites for hydroxylation is 2. The van der Waals surface area contributed by atoms with Crippen LogP contribution < -0.4 is 45.6 Å². The van der Waals surface area contributed by atoms with Crippen LogP contribution in [0.1, 0.15) is 68.3 Å². The molecule has 0 amide bonds. The Hall–Kier alpha value is -8.13.